The Morgan fingerprint density at radius 1 is 1.05 bits per heavy atom. The van der Waals surface area contributed by atoms with Gasteiger partial charge in [-0.25, -0.2) is 0 Å². The number of nitrogens with two attached hydrogens (primary N) is 1. The Hall–Kier alpha value is -2.29. The SMILES string of the molecule is Cc1ccccc1CCC(=O)N(C)Cc1ccccc1N. The van der Waals surface area contributed by atoms with Crippen LogP contribution >= 0.6 is 0 Å². The first-order valence-corrected chi connectivity index (χ1v) is 7.20. The van der Waals surface area contributed by atoms with E-state index < -0.39 is 0 Å². The lowest BCUT2D eigenvalue weighted by molar-refractivity contribution is -0.130. The van der Waals surface area contributed by atoms with Crippen LogP contribution in [0, 0.1) is 6.92 Å². The molecular weight excluding hydrogens is 260 g/mol. The topological polar surface area (TPSA) is 46.3 Å². The molecule has 0 saturated carbocycles. The highest BCUT2D eigenvalue weighted by atomic mass is 16.2. The zero-order valence-electron chi connectivity index (χ0n) is 12.7. The number of nitrogens with zero attached hydrogens (tertiary/aromatic N) is 1. The number of benzene rings is 2. The molecule has 2 aromatic rings. The van der Waals surface area contributed by atoms with Crippen molar-refractivity contribution in [3.63, 3.8) is 0 Å². The molecule has 0 saturated heterocycles. The van der Waals surface area contributed by atoms with Crippen LogP contribution in [0.25, 0.3) is 0 Å². The predicted molar refractivity (Wildman–Crippen MR) is 86.8 cm³/mol. The molecule has 2 N–H and O–H groups in total. The van der Waals surface area contributed by atoms with Crippen LogP contribution < -0.4 is 5.73 Å². The lowest BCUT2D eigenvalue weighted by atomic mass is 10.0. The lowest BCUT2D eigenvalue weighted by Crippen LogP contribution is -2.26. The molecular formula is C18H22N2O. The van der Waals surface area contributed by atoms with Gasteiger partial charge in [0.05, 0.1) is 0 Å². The van der Waals surface area contributed by atoms with Crippen molar-refractivity contribution in [2.75, 3.05) is 12.8 Å². The molecule has 0 heterocycles. The second-order valence-corrected chi connectivity index (χ2v) is 5.38. The highest BCUT2D eigenvalue weighted by Gasteiger charge is 2.11. The molecule has 1 amide bonds. The van der Waals surface area contributed by atoms with E-state index in [1.165, 1.54) is 11.1 Å². The molecule has 2 rings (SSSR count). The second-order valence-electron chi connectivity index (χ2n) is 5.38. The fourth-order valence-corrected chi connectivity index (χ4v) is 2.34. The van der Waals surface area contributed by atoms with Crippen LogP contribution in [0.5, 0.6) is 0 Å². The van der Waals surface area contributed by atoms with E-state index in [1.807, 2.05) is 43.4 Å². The Labute approximate surface area is 126 Å². The van der Waals surface area contributed by atoms with Crippen LogP contribution in [0.1, 0.15) is 23.1 Å². The summed E-state index contributed by atoms with van der Waals surface area (Å²) in [6.45, 7) is 2.63. The minimum Gasteiger partial charge on any atom is -0.398 e. The largest absolute Gasteiger partial charge is 0.398 e. The van der Waals surface area contributed by atoms with E-state index in [9.17, 15) is 4.79 Å². The summed E-state index contributed by atoms with van der Waals surface area (Å²) in [4.78, 5) is 14.0. The van der Waals surface area contributed by atoms with Crippen molar-refractivity contribution >= 4 is 11.6 Å². The Kier molecular flexibility index (Phi) is 4.99. The van der Waals surface area contributed by atoms with Gasteiger partial charge in [-0.1, -0.05) is 42.5 Å². The number of rotatable bonds is 5. The minimum atomic E-state index is 0.140. The van der Waals surface area contributed by atoms with Gasteiger partial charge < -0.3 is 10.6 Å². The molecule has 2 aromatic carbocycles. The number of hydrogen-bond acceptors (Lipinski definition) is 2. The van der Waals surface area contributed by atoms with Crippen molar-refractivity contribution in [2.45, 2.75) is 26.3 Å². The number of anilines is 1. The smallest absolute Gasteiger partial charge is 0.222 e. The zero-order valence-corrected chi connectivity index (χ0v) is 12.7. The van der Waals surface area contributed by atoms with Crippen LogP contribution in [0.15, 0.2) is 48.5 Å². The van der Waals surface area contributed by atoms with Crippen LogP contribution in [-0.2, 0) is 17.8 Å². The van der Waals surface area contributed by atoms with Gasteiger partial charge in [0.2, 0.25) is 5.91 Å². The molecule has 0 atom stereocenters. The summed E-state index contributed by atoms with van der Waals surface area (Å²) in [5.74, 6) is 0.140. The third kappa shape index (κ3) is 4.09. The first-order valence-electron chi connectivity index (χ1n) is 7.20. The molecule has 0 aliphatic carbocycles. The van der Waals surface area contributed by atoms with Gasteiger partial charge >= 0.3 is 0 Å². The molecule has 0 fully saturated rings. The molecule has 0 unspecified atom stereocenters. The summed E-state index contributed by atoms with van der Waals surface area (Å²) in [6.07, 6.45) is 1.30. The van der Waals surface area contributed by atoms with Crippen molar-refractivity contribution < 1.29 is 4.79 Å². The lowest BCUT2D eigenvalue weighted by Gasteiger charge is -2.18. The number of hydrogen-bond donors (Lipinski definition) is 1. The van der Waals surface area contributed by atoms with Crippen molar-refractivity contribution in [3.05, 3.63) is 65.2 Å². The Balaban J connectivity index is 1.91. The van der Waals surface area contributed by atoms with Crippen LogP contribution in [-0.4, -0.2) is 17.9 Å². The number of para-hydroxylation sites is 1. The van der Waals surface area contributed by atoms with Crippen molar-refractivity contribution in [1.29, 1.82) is 0 Å². The van der Waals surface area contributed by atoms with E-state index in [0.29, 0.717) is 13.0 Å². The molecule has 0 spiro atoms. The van der Waals surface area contributed by atoms with Crippen molar-refractivity contribution in [1.82, 2.24) is 4.90 Å². The summed E-state index contributed by atoms with van der Waals surface area (Å²) < 4.78 is 0. The third-order valence-electron chi connectivity index (χ3n) is 3.76. The number of carbonyl (C=O) groups excluding carboxylic acids is 1. The number of amides is 1. The van der Waals surface area contributed by atoms with Gasteiger partial charge in [-0.2, -0.15) is 0 Å². The van der Waals surface area contributed by atoms with E-state index in [1.54, 1.807) is 4.90 Å². The monoisotopic (exact) mass is 282 g/mol. The van der Waals surface area contributed by atoms with Crippen LogP contribution in [0.2, 0.25) is 0 Å². The fraction of sp³-hybridized carbons (Fsp3) is 0.278. The van der Waals surface area contributed by atoms with Gasteiger partial charge in [-0.3, -0.25) is 4.79 Å². The maximum absolute atomic E-state index is 12.2. The fourth-order valence-electron chi connectivity index (χ4n) is 2.34. The quantitative estimate of drug-likeness (QED) is 0.856. The van der Waals surface area contributed by atoms with Crippen LogP contribution in [0.3, 0.4) is 0 Å². The maximum atomic E-state index is 12.2. The molecule has 110 valence electrons. The Bertz CT molecular complexity index is 622. The normalized spacial score (nSPS) is 10.4. The summed E-state index contributed by atoms with van der Waals surface area (Å²) in [5.41, 5.74) is 10.1. The van der Waals surface area contributed by atoms with E-state index >= 15 is 0 Å². The average Bonchev–Trinajstić information content (AvgIpc) is 2.48. The molecule has 0 aliphatic rings. The first kappa shape index (κ1) is 15.1. The molecule has 0 radical (unpaired) electrons. The highest BCUT2D eigenvalue weighted by Crippen LogP contribution is 2.14. The molecule has 0 aromatic heterocycles. The zero-order chi connectivity index (χ0) is 15.2. The van der Waals surface area contributed by atoms with Crippen molar-refractivity contribution in [2.24, 2.45) is 0 Å². The van der Waals surface area contributed by atoms with E-state index in [0.717, 1.165) is 17.7 Å². The number of nitrogen functional groups attached to an aromatic ring is 1. The molecule has 3 heteroatoms. The van der Waals surface area contributed by atoms with Crippen LogP contribution in [0.4, 0.5) is 5.69 Å². The Morgan fingerprint density at radius 2 is 1.67 bits per heavy atom. The Morgan fingerprint density at radius 3 is 2.33 bits per heavy atom. The highest BCUT2D eigenvalue weighted by molar-refractivity contribution is 5.76. The van der Waals surface area contributed by atoms with Gasteiger partial charge in [-0.15, -0.1) is 0 Å². The molecule has 0 bridgehead atoms. The summed E-state index contributed by atoms with van der Waals surface area (Å²) in [5, 5.41) is 0. The molecule has 21 heavy (non-hydrogen) atoms. The average molecular weight is 282 g/mol. The van der Waals surface area contributed by atoms with Gasteiger partial charge in [0.15, 0.2) is 0 Å². The first-order chi connectivity index (χ1) is 10.1. The predicted octanol–water partition coefficient (Wildman–Crippen LogP) is 3.17. The van der Waals surface area contributed by atoms with E-state index in [2.05, 4.69) is 19.1 Å². The van der Waals surface area contributed by atoms with E-state index in [-0.39, 0.29) is 5.91 Å². The van der Waals surface area contributed by atoms with Gasteiger partial charge in [0.1, 0.15) is 0 Å². The van der Waals surface area contributed by atoms with Gasteiger partial charge in [0, 0.05) is 25.7 Å². The second kappa shape index (κ2) is 6.93. The number of aryl methyl sites for hydroxylation is 2. The maximum Gasteiger partial charge on any atom is 0.222 e. The summed E-state index contributed by atoms with van der Waals surface area (Å²) >= 11 is 0. The van der Waals surface area contributed by atoms with Crippen molar-refractivity contribution in [3.8, 4) is 0 Å². The minimum absolute atomic E-state index is 0.140. The van der Waals surface area contributed by atoms with Gasteiger partial charge in [0.25, 0.3) is 0 Å². The number of carbonyl (C=O) groups is 1. The molecule has 3 nitrogen and oxygen atoms in total. The molecule has 0 aliphatic heterocycles. The van der Waals surface area contributed by atoms with Gasteiger partial charge in [-0.05, 0) is 36.1 Å². The standard InChI is InChI=1S/C18H22N2O/c1-14-7-3-4-8-15(14)11-12-18(21)20(2)13-16-9-5-6-10-17(16)19/h3-10H,11-13,19H2,1-2H3. The third-order valence-corrected chi connectivity index (χ3v) is 3.76. The summed E-state index contributed by atoms with van der Waals surface area (Å²) in [7, 11) is 1.83. The van der Waals surface area contributed by atoms with E-state index in [4.69, 9.17) is 5.73 Å². The summed E-state index contributed by atoms with van der Waals surface area (Å²) in [6, 6.07) is 15.9.